The lowest BCUT2D eigenvalue weighted by Crippen LogP contribution is -2.28. The third-order valence-electron chi connectivity index (χ3n) is 4.26. The van der Waals surface area contributed by atoms with Crippen LogP contribution in [0.15, 0.2) is 35.4 Å². The molecule has 3 aromatic rings. The maximum Gasteiger partial charge on any atom is 0.359 e. The van der Waals surface area contributed by atoms with Crippen LogP contribution in [-0.4, -0.2) is 42.8 Å². The molecule has 1 aromatic carbocycles. The van der Waals surface area contributed by atoms with E-state index in [2.05, 4.69) is 10.1 Å². The van der Waals surface area contributed by atoms with Crippen LogP contribution in [0.4, 0.5) is 10.1 Å². The van der Waals surface area contributed by atoms with E-state index in [0.29, 0.717) is 11.2 Å². The molecular formula is C18H19FN4O4S. The summed E-state index contributed by atoms with van der Waals surface area (Å²) in [6, 6.07) is 4.52. The molecule has 0 aliphatic carbocycles. The lowest BCUT2D eigenvalue weighted by Gasteiger charge is -2.22. The van der Waals surface area contributed by atoms with Crippen molar-refractivity contribution < 1.29 is 22.3 Å². The number of fused-ring (bicyclic) bond motifs is 1. The highest BCUT2D eigenvalue weighted by Gasteiger charge is 2.29. The van der Waals surface area contributed by atoms with Crippen LogP contribution in [-0.2, 0) is 21.8 Å². The zero-order valence-electron chi connectivity index (χ0n) is 15.8. The largest absolute Gasteiger partial charge is 0.461 e. The molecule has 10 heteroatoms. The fourth-order valence-electron chi connectivity index (χ4n) is 2.93. The van der Waals surface area contributed by atoms with Gasteiger partial charge in [0.15, 0.2) is 11.3 Å². The maximum absolute atomic E-state index is 13.2. The fraction of sp³-hybridized carbons (Fsp3) is 0.278. The molecular weight excluding hydrogens is 387 g/mol. The highest BCUT2D eigenvalue weighted by molar-refractivity contribution is 7.92. The normalized spacial score (nSPS) is 11.6. The molecule has 0 aliphatic heterocycles. The van der Waals surface area contributed by atoms with E-state index in [1.165, 1.54) is 30.1 Å². The number of hydrogen-bond acceptors (Lipinski definition) is 6. The molecule has 0 saturated carbocycles. The standard InChI is InChI=1S/C18H19FN4O4S/c1-5-27-18(24)15-14-16(11(2)10-20-17(14)22(3)21-15)23(4)28(25,26)13-8-6-12(19)7-9-13/h6-10H,5H2,1-4H3. The quantitative estimate of drug-likeness (QED) is 0.604. The van der Waals surface area contributed by atoms with Gasteiger partial charge in [0.2, 0.25) is 0 Å². The number of carbonyl (C=O) groups excluding carboxylic acids is 1. The van der Waals surface area contributed by atoms with Gasteiger partial charge in [-0.1, -0.05) is 0 Å². The van der Waals surface area contributed by atoms with E-state index in [1.54, 1.807) is 20.9 Å². The molecule has 0 amide bonds. The van der Waals surface area contributed by atoms with Gasteiger partial charge < -0.3 is 4.74 Å². The summed E-state index contributed by atoms with van der Waals surface area (Å²) in [6.45, 7) is 3.49. The molecule has 2 heterocycles. The number of pyridine rings is 1. The van der Waals surface area contributed by atoms with Crippen LogP contribution in [0.2, 0.25) is 0 Å². The Morgan fingerprint density at radius 3 is 2.54 bits per heavy atom. The van der Waals surface area contributed by atoms with Gasteiger partial charge in [-0.05, 0) is 43.7 Å². The zero-order valence-corrected chi connectivity index (χ0v) is 16.6. The number of aryl methyl sites for hydroxylation is 2. The summed E-state index contributed by atoms with van der Waals surface area (Å²) >= 11 is 0. The van der Waals surface area contributed by atoms with Gasteiger partial charge in [-0.2, -0.15) is 5.10 Å². The van der Waals surface area contributed by atoms with E-state index in [0.717, 1.165) is 16.4 Å². The second kappa shape index (κ2) is 7.19. The number of rotatable bonds is 5. The Labute approximate surface area is 161 Å². The first kappa shape index (κ1) is 19.7. The summed E-state index contributed by atoms with van der Waals surface area (Å²) < 4.78 is 46.9. The number of nitrogens with zero attached hydrogens (tertiary/aromatic N) is 4. The molecule has 28 heavy (non-hydrogen) atoms. The van der Waals surface area contributed by atoms with Crippen LogP contribution in [0.3, 0.4) is 0 Å². The smallest absolute Gasteiger partial charge is 0.359 e. The number of hydrogen-bond donors (Lipinski definition) is 0. The van der Waals surface area contributed by atoms with Crippen LogP contribution in [0.25, 0.3) is 11.0 Å². The summed E-state index contributed by atoms with van der Waals surface area (Å²) in [5.74, 6) is -1.21. The Balaban J connectivity index is 2.25. The summed E-state index contributed by atoms with van der Waals surface area (Å²) in [5.41, 5.74) is 1.10. The average molecular weight is 406 g/mol. The van der Waals surface area contributed by atoms with Gasteiger partial charge in [0, 0.05) is 20.3 Å². The number of aromatic nitrogens is 3. The number of ether oxygens (including phenoxy) is 1. The minimum Gasteiger partial charge on any atom is -0.461 e. The first-order valence-electron chi connectivity index (χ1n) is 8.42. The van der Waals surface area contributed by atoms with E-state index in [-0.39, 0.29) is 28.3 Å². The summed E-state index contributed by atoms with van der Waals surface area (Å²) in [6.07, 6.45) is 1.50. The van der Waals surface area contributed by atoms with Crippen LogP contribution in [0.1, 0.15) is 23.0 Å². The summed E-state index contributed by atoms with van der Waals surface area (Å²) in [4.78, 5) is 16.6. The number of sulfonamides is 1. The molecule has 0 spiro atoms. The number of benzene rings is 1. The monoisotopic (exact) mass is 406 g/mol. The Hall–Kier alpha value is -3.01. The SMILES string of the molecule is CCOC(=O)c1nn(C)c2ncc(C)c(N(C)S(=O)(=O)c3ccc(F)cc3)c12. The predicted octanol–water partition coefficient (Wildman–Crippen LogP) is 2.42. The van der Waals surface area contributed by atoms with Crippen molar-refractivity contribution >= 4 is 32.7 Å². The van der Waals surface area contributed by atoms with Crippen LogP contribution in [0, 0.1) is 12.7 Å². The lowest BCUT2D eigenvalue weighted by atomic mass is 10.1. The van der Waals surface area contributed by atoms with Crippen molar-refractivity contribution in [2.24, 2.45) is 7.05 Å². The van der Waals surface area contributed by atoms with E-state index < -0.39 is 21.8 Å². The molecule has 8 nitrogen and oxygen atoms in total. The van der Waals surface area contributed by atoms with Crippen molar-refractivity contribution in [3.05, 3.63) is 47.5 Å². The van der Waals surface area contributed by atoms with Crippen molar-refractivity contribution in [3.8, 4) is 0 Å². The Morgan fingerprint density at radius 2 is 1.93 bits per heavy atom. The highest BCUT2D eigenvalue weighted by atomic mass is 32.2. The van der Waals surface area contributed by atoms with E-state index in [4.69, 9.17) is 4.74 Å². The molecule has 0 fully saturated rings. The van der Waals surface area contributed by atoms with E-state index in [9.17, 15) is 17.6 Å². The molecule has 0 aliphatic rings. The molecule has 0 atom stereocenters. The van der Waals surface area contributed by atoms with Crippen LogP contribution < -0.4 is 4.31 Å². The van der Waals surface area contributed by atoms with Gasteiger partial charge in [-0.25, -0.2) is 27.3 Å². The van der Waals surface area contributed by atoms with Gasteiger partial charge in [-0.3, -0.25) is 4.31 Å². The third kappa shape index (κ3) is 3.19. The van der Waals surface area contributed by atoms with Gasteiger partial charge >= 0.3 is 5.97 Å². The van der Waals surface area contributed by atoms with Crippen LogP contribution >= 0.6 is 0 Å². The van der Waals surface area contributed by atoms with Crippen molar-refractivity contribution in [2.45, 2.75) is 18.7 Å². The summed E-state index contributed by atoms with van der Waals surface area (Å²) in [7, 11) is -1.05. The molecule has 0 bridgehead atoms. The van der Waals surface area contributed by atoms with Gasteiger partial charge in [0.1, 0.15) is 5.82 Å². The average Bonchev–Trinajstić information content (AvgIpc) is 2.98. The number of esters is 1. The Bertz CT molecular complexity index is 1160. The number of anilines is 1. The molecule has 2 aromatic heterocycles. The maximum atomic E-state index is 13.2. The molecule has 0 radical (unpaired) electrons. The number of carbonyl (C=O) groups is 1. The second-order valence-corrected chi connectivity index (χ2v) is 8.08. The first-order chi connectivity index (χ1) is 13.2. The van der Waals surface area contributed by atoms with E-state index in [1.807, 2.05) is 0 Å². The molecule has 0 saturated heterocycles. The number of halogens is 1. The molecule has 148 valence electrons. The molecule has 0 unspecified atom stereocenters. The lowest BCUT2D eigenvalue weighted by molar-refractivity contribution is 0.0521. The Morgan fingerprint density at radius 1 is 1.29 bits per heavy atom. The summed E-state index contributed by atoms with van der Waals surface area (Å²) in [5, 5.41) is 4.44. The van der Waals surface area contributed by atoms with Gasteiger partial charge in [0.25, 0.3) is 10.0 Å². The van der Waals surface area contributed by atoms with Crippen molar-refractivity contribution in [1.29, 1.82) is 0 Å². The van der Waals surface area contributed by atoms with Crippen molar-refractivity contribution in [2.75, 3.05) is 18.0 Å². The van der Waals surface area contributed by atoms with E-state index >= 15 is 0 Å². The first-order valence-corrected chi connectivity index (χ1v) is 9.86. The molecule has 0 N–H and O–H groups in total. The minimum absolute atomic E-state index is 0.0216. The van der Waals surface area contributed by atoms with Gasteiger partial charge in [-0.15, -0.1) is 0 Å². The van der Waals surface area contributed by atoms with Crippen molar-refractivity contribution in [3.63, 3.8) is 0 Å². The fourth-order valence-corrected chi connectivity index (χ4v) is 4.20. The molecule has 3 rings (SSSR count). The predicted molar refractivity (Wildman–Crippen MR) is 101 cm³/mol. The van der Waals surface area contributed by atoms with Gasteiger partial charge in [0.05, 0.1) is 22.6 Å². The van der Waals surface area contributed by atoms with Crippen molar-refractivity contribution in [1.82, 2.24) is 14.8 Å². The Kier molecular flexibility index (Phi) is 5.07. The second-order valence-electron chi connectivity index (χ2n) is 6.11. The van der Waals surface area contributed by atoms with Crippen LogP contribution in [0.5, 0.6) is 0 Å². The minimum atomic E-state index is -4.02. The topological polar surface area (TPSA) is 94.4 Å². The third-order valence-corrected chi connectivity index (χ3v) is 6.03. The zero-order chi connectivity index (χ0) is 20.6. The highest BCUT2D eigenvalue weighted by Crippen LogP contribution is 2.34.